The Labute approximate surface area is 116 Å². The van der Waals surface area contributed by atoms with Crippen LogP contribution in [-0.2, 0) is 9.84 Å². The summed E-state index contributed by atoms with van der Waals surface area (Å²) in [6.07, 6.45) is 6.14. The first-order valence-electron chi connectivity index (χ1n) is 7.52. The molecule has 110 valence electrons. The van der Waals surface area contributed by atoms with Crippen molar-refractivity contribution in [3.05, 3.63) is 0 Å². The van der Waals surface area contributed by atoms with Crippen molar-refractivity contribution in [1.82, 2.24) is 4.90 Å². The minimum atomic E-state index is -2.90. The van der Waals surface area contributed by atoms with E-state index in [1.165, 1.54) is 25.7 Å². The van der Waals surface area contributed by atoms with Gasteiger partial charge in [0.25, 0.3) is 0 Å². The average Bonchev–Trinajstić information content (AvgIpc) is 3.17. The van der Waals surface area contributed by atoms with E-state index >= 15 is 0 Å². The average molecular weight is 287 g/mol. The number of hydrogen-bond donors (Lipinski definition) is 1. The SMILES string of the molecule is CN(CC1(O)CCS(=O)(=O)CC1)C(C1CC1)C1CC1. The molecule has 2 aliphatic carbocycles. The van der Waals surface area contributed by atoms with Crippen LogP contribution >= 0.6 is 0 Å². The van der Waals surface area contributed by atoms with E-state index < -0.39 is 15.4 Å². The zero-order valence-corrected chi connectivity index (χ0v) is 12.5. The minimum absolute atomic E-state index is 0.148. The van der Waals surface area contributed by atoms with Crippen LogP contribution < -0.4 is 0 Å². The number of hydrogen-bond acceptors (Lipinski definition) is 4. The lowest BCUT2D eigenvalue weighted by Gasteiger charge is -2.38. The number of nitrogens with zero attached hydrogens (tertiary/aromatic N) is 1. The Morgan fingerprint density at radius 2 is 1.63 bits per heavy atom. The fourth-order valence-corrected chi connectivity index (χ4v) is 5.21. The largest absolute Gasteiger partial charge is 0.388 e. The van der Waals surface area contributed by atoms with Crippen molar-refractivity contribution in [2.45, 2.75) is 50.2 Å². The second kappa shape index (κ2) is 4.71. The van der Waals surface area contributed by atoms with E-state index in [1.54, 1.807) is 0 Å². The summed E-state index contributed by atoms with van der Waals surface area (Å²) in [6.45, 7) is 0.639. The van der Waals surface area contributed by atoms with E-state index in [1.807, 2.05) is 0 Å². The molecule has 3 fully saturated rings. The van der Waals surface area contributed by atoms with Gasteiger partial charge in [0.05, 0.1) is 17.1 Å². The van der Waals surface area contributed by atoms with E-state index in [-0.39, 0.29) is 11.5 Å². The van der Waals surface area contributed by atoms with Gasteiger partial charge in [0.15, 0.2) is 9.84 Å². The van der Waals surface area contributed by atoms with Crippen LogP contribution in [0.15, 0.2) is 0 Å². The van der Waals surface area contributed by atoms with Gasteiger partial charge in [-0.3, -0.25) is 0 Å². The molecule has 0 aromatic carbocycles. The lowest BCUT2D eigenvalue weighted by Crippen LogP contribution is -2.50. The highest BCUT2D eigenvalue weighted by Gasteiger charge is 2.46. The lowest BCUT2D eigenvalue weighted by atomic mass is 9.94. The molecule has 4 nitrogen and oxygen atoms in total. The molecular formula is C14H25NO3S. The van der Waals surface area contributed by atoms with Crippen LogP contribution in [0.2, 0.25) is 0 Å². The van der Waals surface area contributed by atoms with Crippen LogP contribution in [0.4, 0.5) is 0 Å². The van der Waals surface area contributed by atoms with Crippen molar-refractivity contribution in [3.8, 4) is 0 Å². The molecule has 5 heteroatoms. The Morgan fingerprint density at radius 3 is 2.05 bits per heavy atom. The van der Waals surface area contributed by atoms with Crippen LogP contribution in [0.3, 0.4) is 0 Å². The molecule has 0 aromatic rings. The smallest absolute Gasteiger partial charge is 0.150 e. The van der Waals surface area contributed by atoms with Crippen molar-refractivity contribution in [2.75, 3.05) is 25.1 Å². The van der Waals surface area contributed by atoms with Crippen LogP contribution in [0.5, 0.6) is 0 Å². The van der Waals surface area contributed by atoms with Gasteiger partial charge in [0, 0.05) is 12.6 Å². The second-order valence-corrected chi connectivity index (χ2v) is 9.26. The minimum Gasteiger partial charge on any atom is -0.388 e. The van der Waals surface area contributed by atoms with Gasteiger partial charge in [-0.05, 0) is 57.4 Å². The van der Waals surface area contributed by atoms with Crippen molar-refractivity contribution in [1.29, 1.82) is 0 Å². The van der Waals surface area contributed by atoms with Crippen molar-refractivity contribution >= 4 is 9.84 Å². The van der Waals surface area contributed by atoms with E-state index in [0.29, 0.717) is 25.4 Å². The van der Waals surface area contributed by atoms with Crippen LogP contribution in [-0.4, -0.2) is 55.2 Å². The van der Waals surface area contributed by atoms with Gasteiger partial charge in [0.2, 0.25) is 0 Å². The van der Waals surface area contributed by atoms with E-state index in [9.17, 15) is 13.5 Å². The molecule has 0 spiro atoms. The molecule has 0 atom stereocenters. The molecule has 3 aliphatic rings. The van der Waals surface area contributed by atoms with Crippen LogP contribution in [0, 0.1) is 11.8 Å². The third-order valence-electron chi connectivity index (χ3n) is 5.02. The first-order valence-corrected chi connectivity index (χ1v) is 9.34. The molecule has 1 heterocycles. The summed E-state index contributed by atoms with van der Waals surface area (Å²) in [4.78, 5) is 2.33. The molecule has 1 saturated heterocycles. The Bertz CT molecular complexity index is 414. The zero-order valence-electron chi connectivity index (χ0n) is 11.7. The van der Waals surface area contributed by atoms with Gasteiger partial charge < -0.3 is 10.0 Å². The van der Waals surface area contributed by atoms with E-state index in [4.69, 9.17) is 0 Å². The molecule has 0 aromatic heterocycles. The fourth-order valence-electron chi connectivity index (χ4n) is 3.63. The highest BCUT2D eigenvalue weighted by Crippen LogP contribution is 2.47. The summed E-state index contributed by atoms with van der Waals surface area (Å²) in [5, 5.41) is 10.6. The highest BCUT2D eigenvalue weighted by molar-refractivity contribution is 7.91. The maximum absolute atomic E-state index is 11.5. The third kappa shape index (κ3) is 3.31. The highest BCUT2D eigenvalue weighted by atomic mass is 32.2. The summed E-state index contributed by atoms with van der Waals surface area (Å²) >= 11 is 0. The van der Waals surface area contributed by atoms with Crippen molar-refractivity contribution in [2.24, 2.45) is 11.8 Å². The summed E-state index contributed by atoms with van der Waals surface area (Å²) in [7, 11) is -0.783. The van der Waals surface area contributed by atoms with Gasteiger partial charge in [-0.25, -0.2) is 8.42 Å². The quantitative estimate of drug-likeness (QED) is 0.821. The van der Waals surface area contributed by atoms with Gasteiger partial charge in [-0.1, -0.05) is 0 Å². The predicted octanol–water partition coefficient (Wildman–Crippen LogP) is 1.05. The van der Waals surface area contributed by atoms with Gasteiger partial charge >= 0.3 is 0 Å². The summed E-state index contributed by atoms with van der Waals surface area (Å²) in [5.41, 5.74) is -0.790. The lowest BCUT2D eigenvalue weighted by molar-refractivity contribution is -0.0135. The Hall–Kier alpha value is -0.130. The molecule has 2 saturated carbocycles. The Kier molecular flexibility index (Phi) is 3.43. The second-order valence-electron chi connectivity index (χ2n) is 6.96. The van der Waals surface area contributed by atoms with Gasteiger partial charge in [-0.2, -0.15) is 0 Å². The molecule has 19 heavy (non-hydrogen) atoms. The monoisotopic (exact) mass is 287 g/mol. The van der Waals surface area contributed by atoms with Crippen molar-refractivity contribution < 1.29 is 13.5 Å². The molecular weight excluding hydrogens is 262 g/mol. The van der Waals surface area contributed by atoms with Crippen LogP contribution in [0.1, 0.15) is 38.5 Å². The summed E-state index contributed by atoms with van der Waals surface area (Å²) in [6, 6.07) is 0.627. The fraction of sp³-hybridized carbons (Fsp3) is 1.00. The number of aliphatic hydroxyl groups is 1. The third-order valence-corrected chi connectivity index (χ3v) is 6.67. The molecule has 0 unspecified atom stereocenters. The molecule has 0 bridgehead atoms. The normalized spacial score (nSPS) is 29.9. The summed E-state index contributed by atoms with van der Waals surface area (Å²) in [5.74, 6) is 1.95. The van der Waals surface area contributed by atoms with Gasteiger partial charge in [-0.15, -0.1) is 0 Å². The first-order chi connectivity index (χ1) is 8.89. The number of rotatable bonds is 5. The molecule has 1 N–H and O–H groups in total. The maximum Gasteiger partial charge on any atom is 0.150 e. The van der Waals surface area contributed by atoms with Crippen molar-refractivity contribution in [3.63, 3.8) is 0 Å². The number of sulfone groups is 1. The molecule has 3 rings (SSSR count). The standard InChI is InChI=1S/C14H25NO3S/c1-15(13(11-2-3-11)12-4-5-12)10-14(16)6-8-19(17,18)9-7-14/h11-13,16H,2-10H2,1H3. The predicted molar refractivity (Wildman–Crippen MR) is 74.7 cm³/mol. The topological polar surface area (TPSA) is 57.6 Å². The Balaban J connectivity index is 1.60. The Morgan fingerprint density at radius 1 is 1.16 bits per heavy atom. The first kappa shape index (κ1) is 13.8. The summed E-state index contributed by atoms with van der Waals surface area (Å²) < 4.78 is 22.9. The van der Waals surface area contributed by atoms with E-state index in [2.05, 4.69) is 11.9 Å². The molecule has 1 aliphatic heterocycles. The van der Waals surface area contributed by atoms with Crippen LogP contribution in [0.25, 0.3) is 0 Å². The zero-order chi connectivity index (χ0) is 13.7. The molecule has 0 amide bonds. The number of likely N-dealkylation sites (N-methyl/N-ethyl adjacent to an activating group) is 1. The van der Waals surface area contributed by atoms with E-state index in [0.717, 1.165) is 11.8 Å². The van der Waals surface area contributed by atoms with Gasteiger partial charge in [0.1, 0.15) is 0 Å². The molecule has 0 radical (unpaired) electrons. The maximum atomic E-state index is 11.5.